The summed E-state index contributed by atoms with van der Waals surface area (Å²) in [5, 5.41) is 9.49. The molecule has 0 aliphatic heterocycles. The van der Waals surface area contributed by atoms with Gasteiger partial charge in [-0.2, -0.15) is 0 Å². The number of hydrogen-bond acceptors (Lipinski definition) is 8. The lowest BCUT2D eigenvalue weighted by atomic mass is 10.2. The molecule has 0 saturated carbocycles. The summed E-state index contributed by atoms with van der Waals surface area (Å²) in [6, 6.07) is 11.4. The second-order valence-corrected chi connectivity index (χ2v) is 11.7. The highest BCUT2D eigenvalue weighted by Gasteiger charge is 2.20. The van der Waals surface area contributed by atoms with Crippen LogP contribution in [-0.2, 0) is 19.7 Å². The van der Waals surface area contributed by atoms with Crippen molar-refractivity contribution in [2.24, 2.45) is 0 Å². The van der Waals surface area contributed by atoms with Gasteiger partial charge in [0.1, 0.15) is 0 Å². The van der Waals surface area contributed by atoms with E-state index < -0.39 is 30.8 Å². The van der Waals surface area contributed by atoms with Gasteiger partial charge in [-0.15, -0.1) is 5.10 Å². The summed E-state index contributed by atoms with van der Waals surface area (Å²) in [7, 11) is -6.75. The molecule has 0 bridgehead atoms. The van der Waals surface area contributed by atoms with E-state index in [-0.39, 0.29) is 33.0 Å². The minimum Gasteiger partial charge on any atom is -0.403 e. The van der Waals surface area contributed by atoms with E-state index in [0.717, 1.165) is 0 Å². The molecule has 9 nitrogen and oxygen atoms in total. The van der Waals surface area contributed by atoms with E-state index in [4.69, 9.17) is 4.42 Å². The minimum absolute atomic E-state index is 0.00648. The van der Waals surface area contributed by atoms with E-state index in [1.807, 2.05) is 0 Å². The lowest BCUT2D eigenvalue weighted by Crippen LogP contribution is -2.15. The number of nitrogens with one attached hydrogen (secondary N) is 1. The van der Waals surface area contributed by atoms with Crippen molar-refractivity contribution in [3.63, 3.8) is 0 Å². The number of benzene rings is 2. The third-order valence-corrected chi connectivity index (χ3v) is 8.47. The molecule has 2 aromatic carbocycles. The van der Waals surface area contributed by atoms with Crippen molar-refractivity contribution in [3.05, 3.63) is 54.1 Å². The van der Waals surface area contributed by atoms with Gasteiger partial charge in [-0.3, -0.25) is 10.1 Å². The highest BCUT2D eigenvalue weighted by molar-refractivity contribution is 7.92. The quantitative estimate of drug-likeness (QED) is 0.565. The van der Waals surface area contributed by atoms with Gasteiger partial charge >= 0.3 is 6.01 Å². The van der Waals surface area contributed by atoms with Crippen molar-refractivity contribution in [1.29, 1.82) is 0 Å². The third kappa shape index (κ3) is 4.83. The molecule has 0 radical (unpaired) electrons. The zero-order valence-electron chi connectivity index (χ0n) is 17.1. The molecule has 1 amide bonds. The molecule has 0 fully saturated rings. The van der Waals surface area contributed by atoms with Crippen LogP contribution in [-0.4, -0.2) is 43.9 Å². The fourth-order valence-electron chi connectivity index (χ4n) is 2.60. The second kappa shape index (κ2) is 8.60. The Morgan fingerprint density at radius 3 is 2.06 bits per heavy atom. The SMILES string of the molecule is CCS(=O)(=O)c1ccc(-c2nnc(NC(=O)c3ccc(S(=O)(=O)C(C)C)cc3)o2)cc1. The van der Waals surface area contributed by atoms with E-state index >= 15 is 0 Å². The molecule has 0 atom stereocenters. The van der Waals surface area contributed by atoms with Gasteiger partial charge in [-0.25, -0.2) is 16.8 Å². The number of carbonyl (C=O) groups is 1. The fraction of sp³-hybridized carbons (Fsp3) is 0.250. The Hall–Kier alpha value is -3.05. The second-order valence-electron chi connectivity index (χ2n) is 6.91. The Kier molecular flexibility index (Phi) is 6.27. The molecule has 11 heteroatoms. The molecule has 31 heavy (non-hydrogen) atoms. The van der Waals surface area contributed by atoms with Crippen molar-refractivity contribution in [2.45, 2.75) is 35.8 Å². The van der Waals surface area contributed by atoms with Crippen LogP contribution >= 0.6 is 0 Å². The van der Waals surface area contributed by atoms with Crippen LogP contribution in [0.25, 0.3) is 11.5 Å². The van der Waals surface area contributed by atoms with Crippen LogP contribution in [0, 0.1) is 0 Å². The van der Waals surface area contributed by atoms with Gasteiger partial charge in [0, 0.05) is 11.1 Å². The number of aromatic nitrogens is 2. The number of hydrogen-bond donors (Lipinski definition) is 1. The van der Waals surface area contributed by atoms with Gasteiger partial charge in [0.05, 0.1) is 20.8 Å². The zero-order chi connectivity index (χ0) is 22.8. The molecule has 1 N–H and O–H groups in total. The predicted molar refractivity (Wildman–Crippen MR) is 114 cm³/mol. The number of sulfone groups is 2. The normalized spacial score (nSPS) is 12.1. The summed E-state index contributed by atoms with van der Waals surface area (Å²) in [6.45, 7) is 4.73. The molecule has 164 valence electrons. The zero-order valence-corrected chi connectivity index (χ0v) is 18.7. The van der Waals surface area contributed by atoms with Crippen molar-refractivity contribution >= 4 is 31.6 Å². The first-order chi connectivity index (χ1) is 14.5. The van der Waals surface area contributed by atoms with Gasteiger partial charge in [0.15, 0.2) is 19.7 Å². The topological polar surface area (TPSA) is 136 Å². The van der Waals surface area contributed by atoms with Gasteiger partial charge in [-0.1, -0.05) is 12.0 Å². The molecule has 0 unspecified atom stereocenters. The van der Waals surface area contributed by atoms with Crippen molar-refractivity contribution < 1.29 is 26.0 Å². The molecule has 0 saturated heterocycles. The Morgan fingerprint density at radius 2 is 1.52 bits per heavy atom. The average Bonchev–Trinajstić information content (AvgIpc) is 3.22. The van der Waals surface area contributed by atoms with Crippen LogP contribution in [0.3, 0.4) is 0 Å². The van der Waals surface area contributed by atoms with Crippen LogP contribution in [0.4, 0.5) is 6.01 Å². The maximum absolute atomic E-state index is 12.4. The number of amides is 1. The predicted octanol–water partition coefficient (Wildman–Crippen LogP) is 2.96. The lowest BCUT2D eigenvalue weighted by molar-refractivity contribution is 0.102. The molecule has 0 aliphatic rings. The van der Waals surface area contributed by atoms with Gasteiger partial charge in [0.2, 0.25) is 5.89 Å². The molecule has 1 heterocycles. The highest BCUT2D eigenvalue weighted by atomic mass is 32.2. The molecule has 1 aromatic heterocycles. The Bertz CT molecular complexity index is 1290. The number of rotatable bonds is 7. The first-order valence-corrected chi connectivity index (χ1v) is 12.6. The minimum atomic E-state index is -3.43. The van der Waals surface area contributed by atoms with E-state index in [1.54, 1.807) is 20.8 Å². The fourth-order valence-corrected chi connectivity index (χ4v) is 4.54. The molecule has 0 spiro atoms. The van der Waals surface area contributed by atoms with Crippen LogP contribution in [0.5, 0.6) is 0 Å². The average molecular weight is 464 g/mol. The first-order valence-electron chi connectivity index (χ1n) is 9.36. The number of anilines is 1. The summed E-state index contributed by atoms with van der Waals surface area (Å²) in [6.07, 6.45) is 0. The van der Waals surface area contributed by atoms with E-state index in [1.165, 1.54) is 48.5 Å². The Labute approximate surface area is 180 Å². The maximum Gasteiger partial charge on any atom is 0.322 e. The number of nitrogens with zero attached hydrogens (tertiary/aromatic N) is 2. The summed E-state index contributed by atoms with van der Waals surface area (Å²) < 4.78 is 53.5. The molecular formula is C20H21N3O6S2. The van der Waals surface area contributed by atoms with E-state index in [9.17, 15) is 21.6 Å². The van der Waals surface area contributed by atoms with Gasteiger partial charge in [0.25, 0.3) is 5.91 Å². The summed E-state index contributed by atoms with van der Waals surface area (Å²) in [4.78, 5) is 12.7. The van der Waals surface area contributed by atoms with Crippen molar-refractivity contribution in [3.8, 4) is 11.5 Å². The van der Waals surface area contributed by atoms with Crippen molar-refractivity contribution in [1.82, 2.24) is 10.2 Å². The molecule has 0 aliphatic carbocycles. The van der Waals surface area contributed by atoms with Gasteiger partial charge in [-0.05, 0) is 62.4 Å². The Morgan fingerprint density at radius 1 is 0.935 bits per heavy atom. The summed E-state index contributed by atoms with van der Waals surface area (Å²) in [5.41, 5.74) is 0.711. The smallest absolute Gasteiger partial charge is 0.322 e. The lowest BCUT2D eigenvalue weighted by Gasteiger charge is -2.08. The van der Waals surface area contributed by atoms with Crippen LogP contribution in [0.2, 0.25) is 0 Å². The molecule has 3 aromatic rings. The van der Waals surface area contributed by atoms with Crippen LogP contribution in [0.15, 0.2) is 62.7 Å². The van der Waals surface area contributed by atoms with Crippen LogP contribution < -0.4 is 5.32 Å². The van der Waals surface area contributed by atoms with Crippen LogP contribution in [0.1, 0.15) is 31.1 Å². The molecular weight excluding hydrogens is 442 g/mol. The van der Waals surface area contributed by atoms with E-state index in [2.05, 4.69) is 15.5 Å². The number of carbonyl (C=O) groups excluding carboxylic acids is 1. The molecule has 3 rings (SSSR count). The largest absolute Gasteiger partial charge is 0.403 e. The maximum atomic E-state index is 12.4. The first kappa shape index (κ1) is 22.6. The van der Waals surface area contributed by atoms with Crippen molar-refractivity contribution in [2.75, 3.05) is 11.1 Å². The summed E-state index contributed by atoms with van der Waals surface area (Å²) in [5.74, 6) is -0.449. The van der Waals surface area contributed by atoms with Gasteiger partial charge < -0.3 is 4.42 Å². The Balaban J connectivity index is 1.73. The third-order valence-electron chi connectivity index (χ3n) is 4.55. The monoisotopic (exact) mass is 463 g/mol. The highest BCUT2D eigenvalue weighted by Crippen LogP contribution is 2.23. The van der Waals surface area contributed by atoms with E-state index in [0.29, 0.717) is 5.56 Å². The summed E-state index contributed by atoms with van der Waals surface area (Å²) >= 11 is 0. The standard InChI is InChI=1S/C20H21N3O6S2/c1-4-30(25,26)16-9-7-15(8-10-16)19-22-23-20(29-19)21-18(24)14-5-11-17(12-6-14)31(27,28)13(2)3/h5-13H,4H2,1-3H3,(H,21,23,24).